The highest BCUT2D eigenvalue weighted by Gasteiger charge is 2.24. The minimum Gasteiger partial charge on any atom is -0.387 e. The standard InChI is InChI=1S/C42H77NO5S/c1-3-5-7-9-11-13-15-17-19-20-21-22-24-25-27-29-31-33-35-37-41(44)40(39-49(46,47)48)43-42(45)38-36-34-32-30-28-26-23-18-16-14-12-10-8-6-4-2/h18,21-23,27,29,35,37,40-41,44H,3-17,19-20,24-26,28,30-34,36,38-39H2,1-2H3,(H,43,45)(H,46,47,48)/b22-21+,23-18-,29-27+,37-35+. The predicted octanol–water partition coefficient (Wildman–Crippen LogP) is 11.9. The average molecular weight is 708 g/mol. The fourth-order valence-electron chi connectivity index (χ4n) is 5.89. The maximum Gasteiger partial charge on any atom is 0.267 e. The molecule has 3 N–H and O–H groups in total. The van der Waals surface area contributed by atoms with E-state index < -0.39 is 28.0 Å². The molecule has 1 amide bonds. The lowest BCUT2D eigenvalue weighted by Crippen LogP contribution is -2.46. The molecule has 0 rings (SSSR count). The minimum absolute atomic E-state index is 0.274. The number of aliphatic hydroxyl groups is 1. The topological polar surface area (TPSA) is 104 Å². The zero-order valence-corrected chi connectivity index (χ0v) is 32.6. The van der Waals surface area contributed by atoms with Gasteiger partial charge in [-0.2, -0.15) is 8.42 Å². The Morgan fingerprint density at radius 1 is 0.531 bits per heavy atom. The molecule has 0 aromatic heterocycles. The molecule has 0 aliphatic heterocycles. The van der Waals surface area contributed by atoms with Crippen molar-refractivity contribution >= 4 is 16.0 Å². The summed E-state index contributed by atoms with van der Waals surface area (Å²) in [4.78, 5) is 12.5. The Hall–Kier alpha value is -1.70. The molecule has 6 nitrogen and oxygen atoms in total. The molecular weight excluding hydrogens is 631 g/mol. The van der Waals surface area contributed by atoms with Gasteiger partial charge in [-0.15, -0.1) is 0 Å². The van der Waals surface area contributed by atoms with Gasteiger partial charge in [0.2, 0.25) is 5.91 Å². The first kappa shape index (κ1) is 47.3. The monoisotopic (exact) mass is 708 g/mol. The first-order valence-electron chi connectivity index (χ1n) is 20.3. The number of amides is 1. The maximum atomic E-state index is 12.5. The number of hydrogen-bond donors (Lipinski definition) is 3. The summed E-state index contributed by atoms with van der Waals surface area (Å²) in [6, 6.07) is -1.08. The lowest BCUT2D eigenvalue weighted by Gasteiger charge is -2.21. The molecule has 2 atom stereocenters. The number of nitrogens with one attached hydrogen (secondary N) is 1. The number of hydrogen-bond acceptors (Lipinski definition) is 4. The third kappa shape index (κ3) is 37.4. The summed E-state index contributed by atoms with van der Waals surface area (Å²) in [5.41, 5.74) is 0. The van der Waals surface area contributed by atoms with E-state index in [4.69, 9.17) is 0 Å². The van der Waals surface area contributed by atoms with E-state index in [1.54, 1.807) is 6.08 Å². The van der Waals surface area contributed by atoms with E-state index in [1.807, 2.05) is 0 Å². The zero-order valence-electron chi connectivity index (χ0n) is 31.8. The van der Waals surface area contributed by atoms with Gasteiger partial charge >= 0.3 is 0 Å². The van der Waals surface area contributed by atoms with Crippen molar-refractivity contribution in [3.63, 3.8) is 0 Å². The Morgan fingerprint density at radius 3 is 1.29 bits per heavy atom. The van der Waals surface area contributed by atoms with Crippen molar-refractivity contribution in [2.24, 2.45) is 0 Å². The summed E-state index contributed by atoms with van der Waals surface area (Å²) in [6.07, 6.45) is 48.1. The first-order chi connectivity index (χ1) is 23.8. The van der Waals surface area contributed by atoms with E-state index in [-0.39, 0.29) is 12.3 Å². The SMILES string of the molecule is CCCCCCCC/C=C\CCCCCCCC(=O)NC(CS(=O)(=O)O)C(O)/C=C/CC/C=C/CC/C=C/CCCCCCCCCCC. The molecule has 0 aromatic carbocycles. The van der Waals surface area contributed by atoms with Crippen LogP contribution < -0.4 is 5.32 Å². The Morgan fingerprint density at radius 2 is 0.878 bits per heavy atom. The second-order valence-electron chi connectivity index (χ2n) is 13.9. The van der Waals surface area contributed by atoms with Crippen molar-refractivity contribution in [3.8, 4) is 0 Å². The second kappa shape index (κ2) is 36.1. The van der Waals surface area contributed by atoms with E-state index >= 15 is 0 Å². The summed E-state index contributed by atoms with van der Waals surface area (Å²) < 4.78 is 32.4. The van der Waals surface area contributed by atoms with Crippen LogP contribution >= 0.6 is 0 Å². The van der Waals surface area contributed by atoms with Gasteiger partial charge in [0, 0.05) is 6.42 Å². The van der Waals surface area contributed by atoms with Crippen LogP contribution in [0.1, 0.15) is 194 Å². The lowest BCUT2D eigenvalue weighted by atomic mass is 10.1. The summed E-state index contributed by atoms with van der Waals surface area (Å²) in [6.45, 7) is 4.51. The second-order valence-corrected chi connectivity index (χ2v) is 15.4. The van der Waals surface area contributed by atoms with Crippen LogP contribution in [0.3, 0.4) is 0 Å². The lowest BCUT2D eigenvalue weighted by molar-refractivity contribution is -0.122. The smallest absolute Gasteiger partial charge is 0.267 e. The third-order valence-electron chi connectivity index (χ3n) is 8.96. The summed E-state index contributed by atoms with van der Waals surface area (Å²) in [5, 5.41) is 13.2. The Balaban J connectivity index is 4.03. The highest BCUT2D eigenvalue weighted by molar-refractivity contribution is 7.85. The molecule has 286 valence electrons. The summed E-state index contributed by atoms with van der Waals surface area (Å²) >= 11 is 0. The van der Waals surface area contributed by atoms with E-state index in [9.17, 15) is 22.9 Å². The molecule has 2 unspecified atom stereocenters. The van der Waals surface area contributed by atoms with Crippen LogP contribution in [0.2, 0.25) is 0 Å². The van der Waals surface area contributed by atoms with Gasteiger partial charge < -0.3 is 10.4 Å². The number of rotatable bonds is 36. The van der Waals surface area contributed by atoms with Gasteiger partial charge in [-0.1, -0.05) is 165 Å². The molecule has 0 heterocycles. The molecule has 0 saturated carbocycles. The molecule has 0 spiro atoms. The van der Waals surface area contributed by atoms with Gasteiger partial charge in [-0.3, -0.25) is 9.35 Å². The van der Waals surface area contributed by atoms with E-state index in [2.05, 4.69) is 55.6 Å². The quantitative estimate of drug-likeness (QED) is 0.0342. The van der Waals surface area contributed by atoms with Crippen LogP contribution in [0.5, 0.6) is 0 Å². The molecule has 0 bridgehead atoms. The van der Waals surface area contributed by atoms with Crippen molar-refractivity contribution in [1.29, 1.82) is 0 Å². The Kier molecular flexibility index (Phi) is 34.9. The molecule has 0 fully saturated rings. The van der Waals surface area contributed by atoms with E-state index in [1.165, 1.54) is 115 Å². The average Bonchev–Trinajstić information content (AvgIpc) is 3.06. The van der Waals surface area contributed by atoms with Crippen molar-refractivity contribution < 1.29 is 22.9 Å². The maximum absolute atomic E-state index is 12.5. The van der Waals surface area contributed by atoms with Crippen LogP contribution in [0, 0.1) is 0 Å². The number of carbonyl (C=O) groups excluding carboxylic acids is 1. The molecule has 0 aliphatic carbocycles. The van der Waals surface area contributed by atoms with Crippen molar-refractivity contribution in [3.05, 3.63) is 48.6 Å². The molecule has 0 saturated heterocycles. The van der Waals surface area contributed by atoms with Crippen molar-refractivity contribution in [1.82, 2.24) is 5.32 Å². The molecule has 49 heavy (non-hydrogen) atoms. The van der Waals surface area contributed by atoms with Crippen LogP contribution in [0.25, 0.3) is 0 Å². The van der Waals surface area contributed by atoms with Crippen molar-refractivity contribution in [2.45, 2.75) is 206 Å². The highest BCUT2D eigenvalue weighted by atomic mass is 32.2. The summed E-state index contributed by atoms with van der Waals surface area (Å²) in [7, 11) is -4.36. The van der Waals surface area contributed by atoms with E-state index in [0.717, 1.165) is 51.4 Å². The third-order valence-corrected chi connectivity index (χ3v) is 9.74. The summed E-state index contributed by atoms with van der Waals surface area (Å²) in [5.74, 6) is -1.02. The van der Waals surface area contributed by atoms with Gasteiger partial charge in [0.15, 0.2) is 0 Å². The highest BCUT2D eigenvalue weighted by Crippen LogP contribution is 2.12. The molecule has 0 aliphatic rings. The van der Waals surface area contributed by atoms with E-state index in [0.29, 0.717) is 12.8 Å². The minimum atomic E-state index is -4.36. The Labute approximate surface area is 303 Å². The molecule has 0 aromatic rings. The van der Waals surface area contributed by atoms with Crippen LogP contribution in [0.15, 0.2) is 48.6 Å². The number of aliphatic hydroxyl groups excluding tert-OH is 1. The first-order valence-corrected chi connectivity index (χ1v) is 21.9. The van der Waals surface area contributed by atoms with Crippen molar-refractivity contribution in [2.75, 3.05) is 5.75 Å². The van der Waals surface area contributed by atoms with Gasteiger partial charge in [0.1, 0.15) is 0 Å². The van der Waals surface area contributed by atoms with Crippen LogP contribution in [0.4, 0.5) is 0 Å². The number of allylic oxidation sites excluding steroid dienone is 7. The molecule has 7 heteroatoms. The van der Waals surface area contributed by atoms with Gasteiger partial charge in [0.05, 0.1) is 17.9 Å². The fourth-order valence-corrected chi connectivity index (χ4v) is 6.62. The Bertz CT molecular complexity index is 956. The predicted molar refractivity (Wildman–Crippen MR) is 212 cm³/mol. The zero-order chi connectivity index (χ0) is 36.1. The van der Waals surface area contributed by atoms with Crippen LogP contribution in [-0.2, 0) is 14.9 Å². The number of unbranched alkanes of at least 4 members (excludes halogenated alkanes) is 22. The van der Waals surface area contributed by atoms with Gasteiger partial charge in [-0.25, -0.2) is 0 Å². The van der Waals surface area contributed by atoms with Gasteiger partial charge in [0.25, 0.3) is 10.1 Å². The van der Waals surface area contributed by atoms with Gasteiger partial charge in [-0.05, 0) is 70.6 Å². The van der Waals surface area contributed by atoms with Crippen LogP contribution in [-0.4, -0.2) is 41.9 Å². The largest absolute Gasteiger partial charge is 0.387 e. The fraction of sp³-hybridized carbons (Fsp3) is 0.786. The normalized spacial score (nSPS) is 13.8. The number of carbonyl (C=O) groups is 1. The molecule has 0 radical (unpaired) electrons. The molecular formula is C42H77NO5S.